The van der Waals surface area contributed by atoms with Crippen LogP contribution >= 0.6 is 0 Å². The molecule has 0 aliphatic rings. The van der Waals surface area contributed by atoms with Crippen molar-refractivity contribution in [3.05, 3.63) is 35.9 Å². The summed E-state index contributed by atoms with van der Waals surface area (Å²) in [5.41, 5.74) is 0.463. The number of hydrogen-bond donors (Lipinski definition) is 2. The second-order valence-corrected chi connectivity index (χ2v) is 6.09. The second kappa shape index (κ2) is 7.11. The van der Waals surface area contributed by atoms with Crippen LogP contribution in [0.4, 0.5) is 4.79 Å². The van der Waals surface area contributed by atoms with Crippen molar-refractivity contribution in [2.75, 3.05) is 6.54 Å². The zero-order valence-electron chi connectivity index (χ0n) is 13.1. The lowest BCUT2D eigenvalue weighted by Gasteiger charge is -2.30. The van der Waals surface area contributed by atoms with Gasteiger partial charge in [0.2, 0.25) is 0 Å². The summed E-state index contributed by atoms with van der Waals surface area (Å²) in [6.45, 7) is 8.21. The first kappa shape index (κ1) is 17.0. The molecule has 0 radical (unpaired) electrons. The van der Waals surface area contributed by atoms with Gasteiger partial charge >= 0.3 is 12.0 Å². The molecular formula is C16H24N2O3. The van der Waals surface area contributed by atoms with Gasteiger partial charge in [-0.25, -0.2) is 9.59 Å². The lowest BCUT2D eigenvalue weighted by atomic mass is 9.87. The van der Waals surface area contributed by atoms with E-state index in [1.165, 1.54) is 0 Å². The Hall–Kier alpha value is -2.04. The highest BCUT2D eigenvalue weighted by molar-refractivity contribution is 5.83. The Bertz CT molecular complexity index is 480. The normalized spacial score (nSPS) is 12.6. The largest absolute Gasteiger partial charge is 0.480 e. The molecule has 1 atom stereocenters. The van der Waals surface area contributed by atoms with E-state index in [0.717, 1.165) is 5.56 Å². The molecule has 1 aromatic carbocycles. The number of carboxylic acids is 1. The maximum atomic E-state index is 12.3. The summed E-state index contributed by atoms with van der Waals surface area (Å²) in [6.07, 6.45) is 0. The number of amides is 2. The van der Waals surface area contributed by atoms with Crippen LogP contribution in [0.15, 0.2) is 30.3 Å². The molecular weight excluding hydrogens is 268 g/mol. The van der Waals surface area contributed by atoms with Crippen LogP contribution in [0.3, 0.4) is 0 Å². The topological polar surface area (TPSA) is 69.6 Å². The van der Waals surface area contributed by atoms with Crippen LogP contribution in [0.2, 0.25) is 0 Å². The molecule has 1 aromatic rings. The molecule has 5 heteroatoms. The summed E-state index contributed by atoms with van der Waals surface area (Å²) >= 11 is 0. The number of benzene rings is 1. The fourth-order valence-electron chi connectivity index (χ4n) is 1.99. The molecule has 5 nitrogen and oxygen atoms in total. The van der Waals surface area contributed by atoms with E-state index in [4.69, 9.17) is 0 Å². The number of hydrogen-bond acceptors (Lipinski definition) is 2. The number of urea groups is 1. The van der Waals surface area contributed by atoms with E-state index >= 15 is 0 Å². The Kier molecular flexibility index (Phi) is 5.76. The molecule has 0 unspecified atom stereocenters. The predicted molar refractivity (Wildman–Crippen MR) is 81.9 cm³/mol. The molecule has 0 saturated carbocycles. The van der Waals surface area contributed by atoms with E-state index in [-0.39, 0.29) is 6.03 Å². The number of nitrogens with zero attached hydrogens (tertiary/aromatic N) is 1. The van der Waals surface area contributed by atoms with Crippen LogP contribution in [0.25, 0.3) is 0 Å². The minimum absolute atomic E-state index is 0.358. The lowest BCUT2D eigenvalue weighted by molar-refractivity contribution is -0.142. The smallest absolute Gasteiger partial charge is 0.326 e. The van der Waals surface area contributed by atoms with Crippen molar-refractivity contribution in [1.29, 1.82) is 0 Å². The van der Waals surface area contributed by atoms with Crippen LogP contribution in [-0.2, 0) is 11.3 Å². The van der Waals surface area contributed by atoms with Crippen molar-refractivity contribution in [2.24, 2.45) is 5.41 Å². The molecule has 116 valence electrons. The first-order chi connectivity index (χ1) is 9.75. The van der Waals surface area contributed by atoms with Crippen molar-refractivity contribution >= 4 is 12.0 Å². The van der Waals surface area contributed by atoms with E-state index in [1.807, 2.05) is 37.3 Å². The Balaban J connectivity index is 2.77. The average Bonchev–Trinajstić information content (AvgIpc) is 2.41. The number of rotatable bonds is 5. The molecule has 0 saturated heterocycles. The van der Waals surface area contributed by atoms with Gasteiger partial charge in [0.25, 0.3) is 0 Å². The van der Waals surface area contributed by atoms with Gasteiger partial charge in [-0.1, -0.05) is 51.1 Å². The molecule has 0 aliphatic carbocycles. The number of carbonyl (C=O) groups is 2. The third-order valence-electron chi connectivity index (χ3n) is 3.27. The van der Waals surface area contributed by atoms with Gasteiger partial charge in [0, 0.05) is 13.1 Å². The molecule has 0 bridgehead atoms. The summed E-state index contributed by atoms with van der Waals surface area (Å²) in [7, 11) is 0. The van der Waals surface area contributed by atoms with Crippen molar-refractivity contribution in [1.82, 2.24) is 10.2 Å². The maximum Gasteiger partial charge on any atom is 0.326 e. The fraction of sp³-hybridized carbons (Fsp3) is 0.500. The molecule has 0 heterocycles. The van der Waals surface area contributed by atoms with Crippen molar-refractivity contribution in [3.8, 4) is 0 Å². The molecule has 2 amide bonds. The molecule has 0 fully saturated rings. The number of carboxylic acid groups (broad SMARTS) is 1. The zero-order chi connectivity index (χ0) is 16.0. The van der Waals surface area contributed by atoms with Crippen LogP contribution in [0.1, 0.15) is 33.3 Å². The molecule has 0 spiro atoms. The lowest BCUT2D eigenvalue weighted by Crippen LogP contribution is -2.53. The van der Waals surface area contributed by atoms with Gasteiger partial charge in [0.15, 0.2) is 0 Å². The first-order valence-electron chi connectivity index (χ1n) is 7.08. The predicted octanol–water partition coefficient (Wildman–Crippen LogP) is 2.72. The van der Waals surface area contributed by atoms with E-state index in [2.05, 4.69) is 5.32 Å². The maximum absolute atomic E-state index is 12.3. The summed E-state index contributed by atoms with van der Waals surface area (Å²) in [4.78, 5) is 25.2. The van der Waals surface area contributed by atoms with Crippen LogP contribution in [-0.4, -0.2) is 34.6 Å². The van der Waals surface area contributed by atoms with E-state index in [0.29, 0.717) is 13.1 Å². The fourth-order valence-corrected chi connectivity index (χ4v) is 1.99. The van der Waals surface area contributed by atoms with E-state index < -0.39 is 17.4 Å². The van der Waals surface area contributed by atoms with Crippen molar-refractivity contribution in [3.63, 3.8) is 0 Å². The highest BCUT2D eigenvalue weighted by Crippen LogP contribution is 2.19. The quantitative estimate of drug-likeness (QED) is 0.876. The van der Waals surface area contributed by atoms with Gasteiger partial charge in [-0.05, 0) is 17.9 Å². The van der Waals surface area contributed by atoms with E-state index in [9.17, 15) is 14.7 Å². The number of aliphatic carboxylic acids is 1. The van der Waals surface area contributed by atoms with Crippen LogP contribution in [0.5, 0.6) is 0 Å². The second-order valence-electron chi connectivity index (χ2n) is 6.09. The molecule has 2 N–H and O–H groups in total. The first-order valence-corrected chi connectivity index (χ1v) is 7.08. The zero-order valence-corrected chi connectivity index (χ0v) is 13.1. The van der Waals surface area contributed by atoms with Crippen molar-refractivity contribution in [2.45, 2.75) is 40.3 Å². The standard InChI is InChI=1S/C16H24N2O3/c1-5-18(11-12-9-7-6-8-10-12)15(21)17-13(14(19)20)16(2,3)4/h6-10,13H,5,11H2,1-4H3,(H,17,21)(H,19,20)/t13-/m1/s1. The van der Waals surface area contributed by atoms with Gasteiger partial charge in [-0.2, -0.15) is 0 Å². The Morgan fingerprint density at radius 3 is 2.24 bits per heavy atom. The van der Waals surface area contributed by atoms with Gasteiger partial charge < -0.3 is 15.3 Å². The number of carbonyl (C=O) groups excluding carboxylic acids is 1. The molecule has 0 aromatic heterocycles. The summed E-state index contributed by atoms with van der Waals surface area (Å²) in [6, 6.07) is 8.34. The monoisotopic (exact) mass is 292 g/mol. The van der Waals surface area contributed by atoms with Gasteiger partial charge in [-0.15, -0.1) is 0 Å². The summed E-state index contributed by atoms with van der Waals surface area (Å²) in [5, 5.41) is 11.9. The minimum atomic E-state index is -1.02. The minimum Gasteiger partial charge on any atom is -0.480 e. The molecule has 0 aliphatic heterocycles. The van der Waals surface area contributed by atoms with Gasteiger partial charge in [-0.3, -0.25) is 0 Å². The third-order valence-corrected chi connectivity index (χ3v) is 3.27. The van der Waals surface area contributed by atoms with Gasteiger partial charge in [0.1, 0.15) is 6.04 Å². The number of nitrogens with one attached hydrogen (secondary N) is 1. The molecule has 1 rings (SSSR count). The Morgan fingerprint density at radius 2 is 1.81 bits per heavy atom. The average molecular weight is 292 g/mol. The van der Waals surface area contributed by atoms with Gasteiger partial charge in [0.05, 0.1) is 0 Å². The Labute approximate surface area is 126 Å². The highest BCUT2D eigenvalue weighted by Gasteiger charge is 2.33. The van der Waals surface area contributed by atoms with Crippen molar-refractivity contribution < 1.29 is 14.7 Å². The SMILES string of the molecule is CCN(Cc1ccccc1)C(=O)N[C@H](C(=O)O)C(C)(C)C. The summed E-state index contributed by atoms with van der Waals surface area (Å²) < 4.78 is 0. The van der Waals surface area contributed by atoms with Crippen LogP contribution < -0.4 is 5.32 Å². The van der Waals surface area contributed by atoms with E-state index in [1.54, 1.807) is 25.7 Å². The third kappa shape index (κ3) is 5.10. The van der Waals surface area contributed by atoms with Crippen LogP contribution in [0, 0.1) is 5.41 Å². The summed E-state index contributed by atoms with van der Waals surface area (Å²) in [5.74, 6) is -1.02. The Morgan fingerprint density at radius 1 is 1.24 bits per heavy atom. The highest BCUT2D eigenvalue weighted by atomic mass is 16.4. The molecule has 21 heavy (non-hydrogen) atoms.